The van der Waals surface area contributed by atoms with E-state index in [1.54, 1.807) is 0 Å². The molecule has 0 aliphatic heterocycles. The summed E-state index contributed by atoms with van der Waals surface area (Å²) in [5, 5.41) is 24.2. The lowest BCUT2D eigenvalue weighted by molar-refractivity contribution is -0.394. The fourth-order valence-electron chi connectivity index (χ4n) is 1.33. The average Bonchev–Trinajstić information content (AvgIpc) is 2.36. The van der Waals surface area contributed by atoms with Crippen LogP contribution in [0.3, 0.4) is 0 Å². The molecule has 1 rings (SSSR count). The molecular formula is C8H8N4O6S. The Morgan fingerprint density at radius 3 is 2.21 bits per heavy atom. The fourth-order valence-corrected chi connectivity index (χ4v) is 2.38. The van der Waals surface area contributed by atoms with Crippen molar-refractivity contribution < 1.29 is 18.3 Å². The van der Waals surface area contributed by atoms with Crippen LogP contribution < -0.4 is 0 Å². The Morgan fingerprint density at radius 1 is 1.26 bits per heavy atom. The number of benzene rings is 1. The second-order valence-electron chi connectivity index (χ2n) is 3.34. The average molecular weight is 288 g/mol. The minimum absolute atomic E-state index is 0.423. The lowest BCUT2D eigenvalue weighted by Crippen LogP contribution is -2.06. The Labute approximate surface area is 106 Å². The van der Waals surface area contributed by atoms with Gasteiger partial charge in [0.2, 0.25) is 0 Å². The molecule has 1 aromatic carbocycles. The first-order chi connectivity index (χ1) is 8.74. The van der Waals surface area contributed by atoms with Crippen molar-refractivity contribution in [3.63, 3.8) is 0 Å². The molecule has 1 N–H and O–H groups in total. The summed E-state index contributed by atoms with van der Waals surface area (Å²) in [5.74, 6) is -0.423. The van der Waals surface area contributed by atoms with Gasteiger partial charge in [0.25, 0.3) is 5.69 Å². The summed E-state index contributed by atoms with van der Waals surface area (Å²) in [7, 11) is -3.98. The quantitative estimate of drug-likeness (QED) is 0.495. The summed E-state index contributed by atoms with van der Waals surface area (Å²) in [6.45, 7) is 1.27. The molecule has 0 bridgehead atoms. The second-order valence-corrected chi connectivity index (χ2v) is 5.59. The zero-order chi connectivity index (χ0) is 14.8. The molecule has 11 heteroatoms. The van der Waals surface area contributed by atoms with Crippen molar-refractivity contribution in [3.05, 3.63) is 32.4 Å². The molecule has 102 valence electrons. The minimum Gasteiger partial charge on any atom is -0.258 e. The van der Waals surface area contributed by atoms with Gasteiger partial charge in [-0.3, -0.25) is 20.2 Å². The van der Waals surface area contributed by atoms with Crippen LogP contribution in [0, 0.1) is 25.8 Å². The number of non-ortho nitro benzene ring substituents is 1. The van der Waals surface area contributed by atoms with Crippen LogP contribution >= 0.6 is 0 Å². The number of sulfone groups is 1. The Balaban J connectivity index is 3.84. The van der Waals surface area contributed by atoms with E-state index in [2.05, 4.69) is 5.11 Å². The Hall–Kier alpha value is -2.43. The van der Waals surface area contributed by atoms with Gasteiger partial charge in [-0.25, -0.2) is 13.9 Å². The molecule has 0 spiro atoms. The molecule has 1 aromatic rings. The zero-order valence-corrected chi connectivity index (χ0v) is 10.4. The van der Waals surface area contributed by atoms with Crippen molar-refractivity contribution in [2.45, 2.75) is 11.8 Å². The van der Waals surface area contributed by atoms with Crippen molar-refractivity contribution in [1.29, 1.82) is 5.53 Å². The highest BCUT2D eigenvalue weighted by atomic mass is 32.2. The van der Waals surface area contributed by atoms with E-state index < -0.39 is 47.4 Å². The first-order valence-corrected chi connectivity index (χ1v) is 6.46. The predicted octanol–water partition coefficient (Wildman–Crippen LogP) is 1.96. The van der Waals surface area contributed by atoms with Gasteiger partial charge in [-0.2, -0.15) is 5.11 Å². The van der Waals surface area contributed by atoms with Crippen LogP contribution in [0.4, 0.5) is 17.1 Å². The van der Waals surface area contributed by atoms with E-state index in [0.717, 1.165) is 0 Å². The molecule has 0 aromatic heterocycles. The number of hydrogen-bond donors (Lipinski definition) is 1. The van der Waals surface area contributed by atoms with Crippen LogP contribution in [0.25, 0.3) is 0 Å². The molecule has 0 amide bonds. The fraction of sp³-hybridized carbons (Fsp3) is 0.250. The molecule has 10 nitrogen and oxygen atoms in total. The van der Waals surface area contributed by atoms with E-state index in [1.165, 1.54) is 6.92 Å². The van der Waals surface area contributed by atoms with Gasteiger partial charge in [0.1, 0.15) is 4.90 Å². The highest BCUT2D eigenvalue weighted by Crippen LogP contribution is 2.38. The molecule has 19 heavy (non-hydrogen) atoms. The van der Waals surface area contributed by atoms with E-state index in [0.29, 0.717) is 12.1 Å². The number of nitrogens with one attached hydrogen (secondary N) is 1. The molecule has 0 fully saturated rings. The third-order valence-electron chi connectivity index (χ3n) is 2.27. The predicted molar refractivity (Wildman–Crippen MR) is 62.3 cm³/mol. The lowest BCUT2D eigenvalue weighted by Gasteiger charge is -2.05. The van der Waals surface area contributed by atoms with Crippen molar-refractivity contribution in [3.8, 4) is 0 Å². The van der Waals surface area contributed by atoms with Gasteiger partial charge in [0, 0.05) is 6.07 Å². The third kappa shape index (κ3) is 2.70. The highest BCUT2D eigenvalue weighted by Gasteiger charge is 2.29. The van der Waals surface area contributed by atoms with Crippen LogP contribution in [0.2, 0.25) is 0 Å². The number of rotatable bonds is 5. The molecule has 0 aliphatic rings. The molecule has 0 atom stereocenters. The van der Waals surface area contributed by atoms with Crippen molar-refractivity contribution >= 4 is 26.9 Å². The third-order valence-corrected chi connectivity index (χ3v) is 4.02. The van der Waals surface area contributed by atoms with Gasteiger partial charge in [-0.1, -0.05) is 6.92 Å². The van der Waals surface area contributed by atoms with Gasteiger partial charge in [-0.15, -0.1) is 0 Å². The van der Waals surface area contributed by atoms with E-state index in [-0.39, 0.29) is 0 Å². The maximum atomic E-state index is 11.7. The Morgan fingerprint density at radius 2 is 1.84 bits per heavy atom. The van der Waals surface area contributed by atoms with Crippen LogP contribution in [-0.2, 0) is 9.84 Å². The first kappa shape index (κ1) is 14.6. The molecular weight excluding hydrogens is 280 g/mol. The molecule has 0 heterocycles. The number of nitrogens with zero attached hydrogens (tertiary/aromatic N) is 3. The van der Waals surface area contributed by atoms with Gasteiger partial charge in [-0.05, 0) is 0 Å². The lowest BCUT2D eigenvalue weighted by atomic mass is 10.2. The topological polar surface area (TPSA) is 157 Å². The Bertz CT molecular complexity index is 668. The molecule has 0 saturated heterocycles. The largest absolute Gasteiger partial charge is 0.304 e. The second kappa shape index (κ2) is 5.06. The minimum atomic E-state index is -3.98. The molecule has 0 unspecified atom stereocenters. The Kier molecular flexibility index (Phi) is 3.89. The van der Waals surface area contributed by atoms with Crippen LogP contribution in [0.15, 0.2) is 22.1 Å². The number of nitro benzene ring substituents is 2. The zero-order valence-electron chi connectivity index (χ0n) is 9.56. The van der Waals surface area contributed by atoms with Crippen LogP contribution in [0.1, 0.15) is 6.92 Å². The first-order valence-electron chi connectivity index (χ1n) is 4.81. The smallest absolute Gasteiger partial charge is 0.258 e. The normalized spacial score (nSPS) is 11.0. The summed E-state index contributed by atoms with van der Waals surface area (Å²) in [6, 6.07) is 1.24. The van der Waals surface area contributed by atoms with E-state index in [9.17, 15) is 28.6 Å². The van der Waals surface area contributed by atoms with Gasteiger partial charge in [0.05, 0.1) is 21.7 Å². The summed E-state index contributed by atoms with van der Waals surface area (Å²) in [4.78, 5) is 18.8. The maximum absolute atomic E-state index is 11.7. The summed E-state index contributed by atoms with van der Waals surface area (Å²) < 4.78 is 23.5. The molecule has 0 saturated carbocycles. The van der Waals surface area contributed by atoms with E-state index >= 15 is 0 Å². The summed E-state index contributed by atoms with van der Waals surface area (Å²) in [5.41, 5.74) is 4.49. The van der Waals surface area contributed by atoms with E-state index in [1.807, 2.05) is 0 Å². The number of hydrogen-bond acceptors (Lipinski definition) is 8. The molecule has 0 radical (unpaired) electrons. The van der Waals surface area contributed by atoms with Gasteiger partial charge < -0.3 is 0 Å². The standard InChI is InChI=1S/C8H8N4O6S/c1-2-19(17,18)7-4-5(11(13)14)3-6(12(15)16)8(7)10-9/h3-4,9H,2H2,1H3. The summed E-state index contributed by atoms with van der Waals surface area (Å²) in [6.07, 6.45) is 0. The monoisotopic (exact) mass is 288 g/mol. The van der Waals surface area contributed by atoms with Crippen LogP contribution in [0.5, 0.6) is 0 Å². The van der Waals surface area contributed by atoms with Gasteiger partial charge >= 0.3 is 5.69 Å². The summed E-state index contributed by atoms with van der Waals surface area (Å²) >= 11 is 0. The SMILES string of the molecule is CCS(=O)(=O)c1cc([N+](=O)[O-])cc([N+](=O)[O-])c1N=N. The van der Waals surface area contributed by atoms with Crippen molar-refractivity contribution in [1.82, 2.24) is 0 Å². The van der Waals surface area contributed by atoms with Crippen LogP contribution in [-0.4, -0.2) is 24.0 Å². The maximum Gasteiger partial charge on any atom is 0.304 e. The number of nitro groups is 2. The van der Waals surface area contributed by atoms with Gasteiger partial charge in [0.15, 0.2) is 15.5 Å². The van der Waals surface area contributed by atoms with Crippen molar-refractivity contribution in [2.24, 2.45) is 5.11 Å². The highest BCUT2D eigenvalue weighted by molar-refractivity contribution is 7.91. The molecule has 0 aliphatic carbocycles. The van der Waals surface area contributed by atoms with Crippen molar-refractivity contribution in [2.75, 3.05) is 5.75 Å². The van der Waals surface area contributed by atoms with E-state index in [4.69, 9.17) is 5.53 Å².